The number of aromatic nitrogens is 1. The van der Waals surface area contributed by atoms with E-state index in [1.54, 1.807) is 13.2 Å². The van der Waals surface area contributed by atoms with Crippen LogP contribution in [0.2, 0.25) is 5.02 Å². The van der Waals surface area contributed by atoms with Gasteiger partial charge >= 0.3 is 0 Å². The molecular formula is C13H17ClN2O. The van der Waals surface area contributed by atoms with E-state index in [0.717, 1.165) is 37.4 Å². The minimum absolute atomic E-state index is 0.379. The summed E-state index contributed by atoms with van der Waals surface area (Å²) in [6, 6.07) is 3.72. The summed E-state index contributed by atoms with van der Waals surface area (Å²) < 4.78 is 5.35. The van der Waals surface area contributed by atoms with Gasteiger partial charge in [-0.1, -0.05) is 18.2 Å². The molecule has 2 heterocycles. The van der Waals surface area contributed by atoms with Crippen LogP contribution in [0.25, 0.3) is 6.08 Å². The van der Waals surface area contributed by atoms with Gasteiger partial charge in [-0.2, -0.15) is 0 Å². The van der Waals surface area contributed by atoms with Gasteiger partial charge in [0.2, 0.25) is 0 Å². The fraction of sp³-hybridized carbons (Fsp3) is 0.462. The second-order valence-electron chi connectivity index (χ2n) is 4.19. The Balaban J connectivity index is 2.12. The van der Waals surface area contributed by atoms with Crippen LogP contribution in [0, 0.1) is 0 Å². The third kappa shape index (κ3) is 2.99. The van der Waals surface area contributed by atoms with Crippen molar-refractivity contribution >= 4 is 23.5 Å². The van der Waals surface area contributed by atoms with Crippen molar-refractivity contribution in [3.8, 4) is 0 Å². The number of piperidine rings is 1. The zero-order valence-electron chi connectivity index (χ0n) is 10.0. The SMILES string of the molecule is C=Cc1cc(Cl)cc(N2CCC(OC)CC2)n1. The van der Waals surface area contributed by atoms with E-state index >= 15 is 0 Å². The Hall–Kier alpha value is -1.06. The van der Waals surface area contributed by atoms with Crippen molar-refractivity contribution in [2.24, 2.45) is 0 Å². The van der Waals surface area contributed by atoms with Crippen molar-refractivity contribution in [1.82, 2.24) is 4.98 Å². The molecule has 1 fully saturated rings. The number of anilines is 1. The largest absolute Gasteiger partial charge is 0.381 e. The second-order valence-corrected chi connectivity index (χ2v) is 4.63. The van der Waals surface area contributed by atoms with Crippen LogP contribution >= 0.6 is 11.6 Å². The van der Waals surface area contributed by atoms with Crippen LogP contribution in [0.5, 0.6) is 0 Å². The summed E-state index contributed by atoms with van der Waals surface area (Å²) in [7, 11) is 1.77. The maximum absolute atomic E-state index is 6.06. The molecule has 92 valence electrons. The molecule has 17 heavy (non-hydrogen) atoms. The molecule has 0 spiro atoms. The summed E-state index contributed by atoms with van der Waals surface area (Å²) in [5, 5.41) is 0.707. The van der Waals surface area contributed by atoms with Crippen LogP contribution in [0.1, 0.15) is 18.5 Å². The molecule has 1 saturated heterocycles. The Bertz CT molecular complexity index is 400. The van der Waals surface area contributed by atoms with Gasteiger partial charge in [0.15, 0.2) is 0 Å². The first kappa shape index (κ1) is 12.4. The molecule has 1 aromatic heterocycles. The fourth-order valence-corrected chi connectivity index (χ4v) is 2.30. The number of ether oxygens (including phenoxy) is 1. The summed E-state index contributed by atoms with van der Waals surface area (Å²) in [5.74, 6) is 0.932. The van der Waals surface area contributed by atoms with E-state index in [9.17, 15) is 0 Å². The lowest BCUT2D eigenvalue weighted by molar-refractivity contribution is 0.0818. The van der Waals surface area contributed by atoms with Crippen LogP contribution in [-0.4, -0.2) is 31.3 Å². The topological polar surface area (TPSA) is 25.4 Å². The van der Waals surface area contributed by atoms with Crippen molar-refractivity contribution in [2.45, 2.75) is 18.9 Å². The van der Waals surface area contributed by atoms with Crippen molar-refractivity contribution in [2.75, 3.05) is 25.1 Å². The average Bonchev–Trinajstić information content (AvgIpc) is 2.38. The van der Waals surface area contributed by atoms with Gasteiger partial charge in [-0.3, -0.25) is 0 Å². The maximum Gasteiger partial charge on any atom is 0.130 e. The Labute approximate surface area is 107 Å². The third-order valence-corrected chi connectivity index (χ3v) is 3.32. The molecule has 0 saturated carbocycles. The molecule has 3 nitrogen and oxygen atoms in total. The Morgan fingerprint density at radius 2 is 2.18 bits per heavy atom. The first-order valence-electron chi connectivity index (χ1n) is 5.80. The molecule has 0 aliphatic carbocycles. The van der Waals surface area contributed by atoms with E-state index in [0.29, 0.717) is 11.1 Å². The van der Waals surface area contributed by atoms with Crippen molar-refractivity contribution < 1.29 is 4.74 Å². The number of methoxy groups -OCH3 is 1. The highest BCUT2D eigenvalue weighted by atomic mass is 35.5. The zero-order chi connectivity index (χ0) is 12.3. The maximum atomic E-state index is 6.06. The van der Waals surface area contributed by atoms with E-state index in [-0.39, 0.29) is 0 Å². The molecule has 1 aliphatic rings. The van der Waals surface area contributed by atoms with Gasteiger partial charge in [-0.15, -0.1) is 0 Å². The first-order chi connectivity index (χ1) is 8.22. The summed E-state index contributed by atoms with van der Waals surface area (Å²) in [6.07, 6.45) is 4.17. The molecule has 0 N–H and O–H groups in total. The molecule has 0 radical (unpaired) electrons. The molecule has 0 bridgehead atoms. The minimum Gasteiger partial charge on any atom is -0.381 e. The molecule has 4 heteroatoms. The highest BCUT2D eigenvalue weighted by molar-refractivity contribution is 6.30. The lowest BCUT2D eigenvalue weighted by Crippen LogP contribution is -2.37. The number of hydrogen-bond donors (Lipinski definition) is 0. The first-order valence-corrected chi connectivity index (χ1v) is 6.18. The summed E-state index contributed by atoms with van der Waals surface area (Å²) >= 11 is 6.06. The number of halogens is 1. The van der Waals surface area contributed by atoms with Crippen LogP contribution in [0.3, 0.4) is 0 Å². The number of hydrogen-bond acceptors (Lipinski definition) is 3. The molecule has 0 unspecified atom stereocenters. The van der Waals surface area contributed by atoms with E-state index < -0.39 is 0 Å². The lowest BCUT2D eigenvalue weighted by Gasteiger charge is -2.32. The molecule has 2 rings (SSSR count). The van der Waals surface area contributed by atoms with Gasteiger partial charge in [-0.05, 0) is 31.1 Å². The highest BCUT2D eigenvalue weighted by Crippen LogP contribution is 2.23. The predicted octanol–water partition coefficient (Wildman–Crippen LogP) is 2.99. The number of nitrogens with zero attached hydrogens (tertiary/aromatic N) is 2. The molecule has 1 aromatic rings. The van der Waals surface area contributed by atoms with Crippen LogP contribution < -0.4 is 4.90 Å². The number of rotatable bonds is 3. The smallest absolute Gasteiger partial charge is 0.130 e. The minimum atomic E-state index is 0.379. The van der Waals surface area contributed by atoms with E-state index in [1.807, 2.05) is 12.1 Å². The quantitative estimate of drug-likeness (QED) is 0.827. The van der Waals surface area contributed by atoms with Gasteiger partial charge in [0.25, 0.3) is 0 Å². The fourth-order valence-electron chi connectivity index (χ4n) is 2.09. The monoisotopic (exact) mass is 252 g/mol. The third-order valence-electron chi connectivity index (χ3n) is 3.10. The Morgan fingerprint density at radius 3 is 2.76 bits per heavy atom. The van der Waals surface area contributed by atoms with E-state index in [1.165, 1.54) is 0 Å². The van der Waals surface area contributed by atoms with Gasteiger partial charge < -0.3 is 9.64 Å². The normalized spacial score (nSPS) is 17.2. The van der Waals surface area contributed by atoms with Crippen molar-refractivity contribution in [3.63, 3.8) is 0 Å². The van der Waals surface area contributed by atoms with Crippen LogP contribution in [0.4, 0.5) is 5.82 Å². The van der Waals surface area contributed by atoms with Crippen LogP contribution in [0.15, 0.2) is 18.7 Å². The zero-order valence-corrected chi connectivity index (χ0v) is 10.8. The molecule has 0 aromatic carbocycles. The Kier molecular flexibility index (Phi) is 4.02. The molecule has 1 aliphatic heterocycles. The van der Waals surface area contributed by atoms with Crippen molar-refractivity contribution in [1.29, 1.82) is 0 Å². The summed E-state index contributed by atoms with van der Waals surface area (Å²) in [4.78, 5) is 6.75. The van der Waals surface area contributed by atoms with Gasteiger partial charge in [0.1, 0.15) is 5.82 Å². The molecular weight excluding hydrogens is 236 g/mol. The molecule has 0 atom stereocenters. The predicted molar refractivity (Wildman–Crippen MR) is 71.6 cm³/mol. The molecule has 0 amide bonds. The van der Waals surface area contributed by atoms with E-state index in [2.05, 4.69) is 16.5 Å². The van der Waals surface area contributed by atoms with Crippen LogP contribution in [-0.2, 0) is 4.74 Å². The average molecular weight is 253 g/mol. The number of pyridine rings is 1. The summed E-state index contributed by atoms with van der Waals surface area (Å²) in [5.41, 5.74) is 0.821. The van der Waals surface area contributed by atoms with Crippen molar-refractivity contribution in [3.05, 3.63) is 29.4 Å². The standard InChI is InChI=1S/C13H17ClN2O/c1-3-11-8-10(14)9-13(15-11)16-6-4-12(17-2)5-7-16/h3,8-9,12H,1,4-7H2,2H3. The highest BCUT2D eigenvalue weighted by Gasteiger charge is 2.19. The van der Waals surface area contributed by atoms with Gasteiger partial charge in [-0.25, -0.2) is 4.98 Å². The van der Waals surface area contributed by atoms with Gasteiger partial charge in [0, 0.05) is 25.2 Å². The Morgan fingerprint density at radius 1 is 1.47 bits per heavy atom. The lowest BCUT2D eigenvalue weighted by atomic mass is 10.1. The summed E-state index contributed by atoms with van der Waals surface area (Å²) in [6.45, 7) is 5.65. The second kappa shape index (κ2) is 5.52. The van der Waals surface area contributed by atoms with Gasteiger partial charge in [0.05, 0.1) is 11.8 Å². The van der Waals surface area contributed by atoms with E-state index in [4.69, 9.17) is 16.3 Å².